The lowest BCUT2D eigenvalue weighted by molar-refractivity contribution is -0.131. The van der Waals surface area contributed by atoms with E-state index < -0.39 is 0 Å². The predicted molar refractivity (Wildman–Crippen MR) is 82.1 cm³/mol. The van der Waals surface area contributed by atoms with Gasteiger partial charge in [-0.3, -0.25) is 4.79 Å². The molecule has 19 heavy (non-hydrogen) atoms. The Hall–Kier alpha value is -1.35. The molecule has 3 heteroatoms. The van der Waals surface area contributed by atoms with Crippen LogP contribution < -0.4 is 0 Å². The third-order valence-electron chi connectivity index (χ3n) is 3.78. The van der Waals surface area contributed by atoms with Gasteiger partial charge in [0, 0.05) is 24.4 Å². The molecule has 2 rings (SSSR count). The lowest BCUT2D eigenvalue weighted by Gasteiger charge is -2.32. The van der Waals surface area contributed by atoms with Gasteiger partial charge < -0.3 is 4.90 Å². The van der Waals surface area contributed by atoms with Crippen molar-refractivity contribution in [2.45, 2.75) is 39.2 Å². The first-order valence-electron chi connectivity index (χ1n) is 6.82. The maximum absolute atomic E-state index is 11.6. The number of hydrogen-bond acceptors (Lipinski definition) is 2. The molecule has 102 valence electrons. The molecule has 1 heterocycles. The van der Waals surface area contributed by atoms with Gasteiger partial charge in [-0.05, 0) is 48.8 Å². The molecular formula is C16H21NOS. The molecule has 2 nitrogen and oxygen atoms in total. The van der Waals surface area contributed by atoms with Crippen LogP contribution in [0.5, 0.6) is 0 Å². The van der Waals surface area contributed by atoms with Crippen LogP contribution in [-0.4, -0.2) is 23.4 Å². The first-order valence-corrected chi connectivity index (χ1v) is 7.70. The second kappa shape index (κ2) is 6.20. The standard InChI is InChI=1S/C16H21NOS/c1-4-17(13(3)18)15-9-7-14(8-10-15)12(2)16-6-5-11-19-16/h5-7,11,15H,2,4,8-10H2,1,3H3/t15-/m0/s1. The maximum Gasteiger partial charge on any atom is 0.219 e. The molecule has 0 unspecified atom stereocenters. The number of rotatable bonds is 4. The zero-order valence-electron chi connectivity index (χ0n) is 11.7. The van der Waals surface area contributed by atoms with E-state index in [0.717, 1.165) is 31.4 Å². The van der Waals surface area contributed by atoms with Gasteiger partial charge in [0.1, 0.15) is 0 Å². The fraction of sp³-hybridized carbons (Fsp3) is 0.438. The first-order chi connectivity index (χ1) is 9.13. The second-order valence-corrected chi connectivity index (χ2v) is 5.87. The monoisotopic (exact) mass is 275 g/mol. The van der Waals surface area contributed by atoms with Crippen LogP contribution in [0.4, 0.5) is 0 Å². The lowest BCUT2D eigenvalue weighted by Crippen LogP contribution is -2.39. The molecule has 0 spiro atoms. The molecule has 0 fully saturated rings. The van der Waals surface area contributed by atoms with Crippen LogP contribution in [0.1, 0.15) is 38.0 Å². The minimum absolute atomic E-state index is 0.182. The number of amides is 1. The minimum atomic E-state index is 0.182. The van der Waals surface area contributed by atoms with Gasteiger partial charge in [0.15, 0.2) is 0 Å². The van der Waals surface area contributed by atoms with E-state index in [-0.39, 0.29) is 5.91 Å². The van der Waals surface area contributed by atoms with Crippen LogP contribution in [-0.2, 0) is 4.79 Å². The molecule has 1 atom stereocenters. The molecule has 1 aromatic rings. The molecule has 0 aromatic carbocycles. The molecule has 1 aliphatic carbocycles. The van der Waals surface area contributed by atoms with E-state index in [9.17, 15) is 4.79 Å². The molecule has 1 aliphatic rings. The van der Waals surface area contributed by atoms with Crippen LogP contribution in [0.15, 0.2) is 35.7 Å². The normalized spacial score (nSPS) is 18.8. The SMILES string of the molecule is C=C(C1=CC[C@H](N(CC)C(C)=O)CC1)c1cccs1. The van der Waals surface area contributed by atoms with Gasteiger partial charge in [-0.1, -0.05) is 18.7 Å². The van der Waals surface area contributed by atoms with E-state index in [1.807, 2.05) is 11.8 Å². The highest BCUT2D eigenvalue weighted by Gasteiger charge is 2.23. The Labute approximate surface area is 119 Å². The van der Waals surface area contributed by atoms with Crippen molar-refractivity contribution in [2.24, 2.45) is 0 Å². The van der Waals surface area contributed by atoms with Crippen LogP contribution in [0, 0.1) is 0 Å². The van der Waals surface area contributed by atoms with E-state index in [2.05, 4.69) is 30.2 Å². The van der Waals surface area contributed by atoms with Gasteiger partial charge in [0.2, 0.25) is 5.91 Å². The van der Waals surface area contributed by atoms with E-state index in [1.54, 1.807) is 18.3 Å². The van der Waals surface area contributed by atoms with Crippen molar-refractivity contribution in [3.8, 4) is 0 Å². The molecule has 0 aliphatic heterocycles. The Bertz CT molecular complexity index is 487. The van der Waals surface area contributed by atoms with Gasteiger partial charge in [-0.15, -0.1) is 11.3 Å². The Kier molecular flexibility index (Phi) is 4.59. The Morgan fingerprint density at radius 2 is 2.37 bits per heavy atom. The number of nitrogens with zero attached hydrogens (tertiary/aromatic N) is 1. The van der Waals surface area contributed by atoms with E-state index in [1.165, 1.54) is 10.5 Å². The van der Waals surface area contributed by atoms with Crippen molar-refractivity contribution in [2.75, 3.05) is 6.54 Å². The molecule has 0 saturated carbocycles. The molecule has 0 N–H and O–H groups in total. The quantitative estimate of drug-likeness (QED) is 0.810. The summed E-state index contributed by atoms with van der Waals surface area (Å²) in [5.74, 6) is 0.182. The average Bonchev–Trinajstić information content (AvgIpc) is 2.93. The van der Waals surface area contributed by atoms with Gasteiger partial charge in [-0.25, -0.2) is 0 Å². The predicted octanol–water partition coefficient (Wildman–Crippen LogP) is 4.11. The lowest BCUT2D eigenvalue weighted by atomic mass is 9.89. The van der Waals surface area contributed by atoms with Crippen LogP contribution >= 0.6 is 11.3 Å². The summed E-state index contributed by atoms with van der Waals surface area (Å²) in [6, 6.07) is 4.54. The van der Waals surface area contributed by atoms with Crippen molar-refractivity contribution in [3.05, 3.63) is 40.6 Å². The minimum Gasteiger partial charge on any atom is -0.340 e. The van der Waals surface area contributed by atoms with Crippen molar-refractivity contribution in [3.63, 3.8) is 0 Å². The molecule has 0 bridgehead atoms. The van der Waals surface area contributed by atoms with Gasteiger partial charge in [0.25, 0.3) is 0 Å². The third-order valence-corrected chi connectivity index (χ3v) is 4.71. The highest BCUT2D eigenvalue weighted by atomic mass is 32.1. The zero-order valence-corrected chi connectivity index (χ0v) is 12.5. The summed E-state index contributed by atoms with van der Waals surface area (Å²) in [5.41, 5.74) is 2.50. The Morgan fingerprint density at radius 3 is 2.84 bits per heavy atom. The molecular weight excluding hydrogens is 254 g/mol. The summed E-state index contributed by atoms with van der Waals surface area (Å²) in [6.45, 7) is 8.72. The third kappa shape index (κ3) is 3.16. The second-order valence-electron chi connectivity index (χ2n) is 4.92. The smallest absolute Gasteiger partial charge is 0.219 e. The van der Waals surface area contributed by atoms with Gasteiger partial charge in [-0.2, -0.15) is 0 Å². The van der Waals surface area contributed by atoms with Crippen molar-refractivity contribution < 1.29 is 4.79 Å². The summed E-state index contributed by atoms with van der Waals surface area (Å²) in [5, 5.41) is 2.08. The number of hydrogen-bond donors (Lipinski definition) is 0. The summed E-state index contributed by atoms with van der Waals surface area (Å²) in [6.07, 6.45) is 5.28. The zero-order chi connectivity index (χ0) is 13.8. The number of allylic oxidation sites excluding steroid dienone is 2. The molecule has 0 radical (unpaired) electrons. The van der Waals surface area contributed by atoms with Gasteiger partial charge >= 0.3 is 0 Å². The largest absolute Gasteiger partial charge is 0.340 e. The van der Waals surface area contributed by atoms with Crippen molar-refractivity contribution in [1.29, 1.82) is 0 Å². The highest BCUT2D eigenvalue weighted by molar-refractivity contribution is 7.11. The highest BCUT2D eigenvalue weighted by Crippen LogP contribution is 2.33. The van der Waals surface area contributed by atoms with Crippen molar-refractivity contribution >= 4 is 22.8 Å². The number of carbonyl (C=O) groups excluding carboxylic acids is 1. The van der Waals surface area contributed by atoms with E-state index in [4.69, 9.17) is 0 Å². The van der Waals surface area contributed by atoms with Crippen molar-refractivity contribution in [1.82, 2.24) is 4.90 Å². The summed E-state index contributed by atoms with van der Waals surface area (Å²) in [7, 11) is 0. The summed E-state index contributed by atoms with van der Waals surface area (Å²) in [4.78, 5) is 14.8. The fourth-order valence-electron chi connectivity index (χ4n) is 2.72. The van der Waals surface area contributed by atoms with Crippen LogP contribution in [0.2, 0.25) is 0 Å². The topological polar surface area (TPSA) is 20.3 Å². The summed E-state index contributed by atoms with van der Waals surface area (Å²) < 4.78 is 0. The average molecular weight is 275 g/mol. The van der Waals surface area contributed by atoms with E-state index in [0.29, 0.717) is 6.04 Å². The maximum atomic E-state index is 11.6. The molecule has 1 amide bonds. The Morgan fingerprint density at radius 1 is 1.58 bits per heavy atom. The number of thiophene rings is 1. The van der Waals surface area contributed by atoms with E-state index >= 15 is 0 Å². The molecule has 0 saturated heterocycles. The fourth-order valence-corrected chi connectivity index (χ4v) is 3.46. The molecule has 1 aromatic heterocycles. The summed E-state index contributed by atoms with van der Waals surface area (Å²) >= 11 is 1.74. The van der Waals surface area contributed by atoms with Crippen LogP contribution in [0.3, 0.4) is 0 Å². The van der Waals surface area contributed by atoms with Gasteiger partial charge in [0.05, 0.1) is 0 Å². The first kappa shape index (κ1) is 14.1. The number of carbonyl (C=O) groups is 1. The van der Waals surface area contributed by atoms with Crippen LogP contribution in [0.25, 0.3) is 5.57 Å². The Balaban J connectivity index is 2.04.